The van der Waals surface area contributed by atoms with Crippen molar-refractivity contribution in [3.8, 4) is 0 Å². The van der Waals surface area contributed by atoms with Gasteiger partial charge in [0.05, 0.1) is 0 Å². The van der Waals surface area contributed by atoms with Crippen molar-refractivity contribution < 1.29 is 19.5 Å². The van der Waals surface area contributed by atoms with Crippen molar-refractivity contribution in [1.29, 1.82) is 0 Å². The topological polar surface area (TPSA) is 111 Å². The fourth-order valence-corrected chi connectivity index (χ4v) is 2.83. The Hall–Kier alpha value is -3.09. The van der Waals surface area contributed by atoms with Crippen LogP contribution in [0.4, 0.5) is 0 Å². The van der Waals surface area contributed by atoms with Gasteiger partial charge in [0.25, 0.3) is 0 Å². The number of hydrogen-bond donors (Lipinski definition) is 4. The normalized spacial score (nSPS) is 13.6. The molecular formula is C21H27N3O4. The molecule has 0 spiro atoms. The second kappa shape index (κ2) is 9.73. The van der Waals surface area contributed by atoms with Crippen LogP contribution in [0.25, 0.3) is 10.9 Å². The number of allylic oxidation sites excluding steroid dienone is 1. The van der Waals surface area contributed by atoms with Crippen LogP contribution in [0.5, 0.6) is 0 Å². The molecule has 28 heavy (non-hydrogen) atoms. The minimum atomic E-state index is -1.12. The Morgan fingerprint density at radius 1 is 1.11 bits per heavy atom. The lowest BCUT2D eigenvalue weighted by molar-refractivity contribution is -0.142. The van der Waals surface area contributed by atoms with Crippen LogP contribution >= 0.6 is 0 Å². The molecule has 1 aromatic carbocycles. The Kier molecular flexibility index (Phi) is 7.37. The van der Waals surface area contributed by atoms with E-state index in [1.165, 1.54) is 0 Å². The van der Waals surface area contributed by atoms with Crippen LogP contribution in [-0.4, -0.2) is 40.0 Å². The molecule has 0 saturated heterocycles. The first-order valence-electron chi connectivity index (χ1n) is 9.33. The van der Waals surface area contributed by atoms with Gasteiger partial charge in [-0.1, -0.05) is 44.2 Å². The highest BCUT2D eigenvalue weighted by Crippen LogP contribution is 2.19. The molecule has 0 bridgehead atoms. The number of para-hydroxylation sites is 1. The fourth-order valence-electron chi connectivity index (χ4n) is 2.83. The number of hydrogen-bond acceptors (Lipinski definition) is 3. The monoisotopic (exact) mass is 385 g/mol. The van der Waals surface area contributed by atoms with E-state index in [0.29, 0.717) is 0 Å². The molecule has 7 nitrogen and oxygen atoms in total. The van der Waals surface area contributed by atoms with E-state index in [4.69, 9.17) is 0 Å². The summed E-state index contributed by atoms with van der Waals surface area (Å²) in [6, 6.07) is 5.75. The van der Waals surface area contributed by atoms with Crippen LogP contribution in [0.15, 0.2) is 42.6 Å². The molecule has 0 aliphatic carbocycles. The third-order valence-corrected chi connectivity index (χ3v) is 4.48. The lowest BCUT2D eigenvalue weighted by Gasteiger charge is -2.22. The Balaban J connectivity index is 2.23. The third kappa shape index (κ3) is 5.45. The summed E-state index contributed by atoms with van der Waals surface area (Å²) in [7, 11) is 0. The molecule has 4 N–H and O–H groups in total. The van der Waals surface area contributed by atoms with E-state index in [0.717, 1.165) is 16.5 Å². The smallest absolute Gasteiger partial charge is 0.326 e. The standard InChI is InChI=1S/C21H27N3O4/c1-4-5-9-17(21(27)28)23-20(26)18(24-19(25)13(2)3)11-14-12-22-16-10-7-6-8-15(14)16/h4-8,10,12-13,17-18,22H,9,11H2,1-3H3,(H,23,26)(H,24,25)(H,27,28)/b5-4+. The number of H-pyrrole nitrogens is 1. The van der Waals surface area contributed by atoms with Crippen LogP contribution in [0.1, 0.15) is 32.8 Å². The predicted molar refractivity (Wildman–Crippen MR) is 108 cm³/mol. The maximum absolute atomic E-state index is 12.8. The maximum Gasteiger partial charge on any atom is 0.326 e. The van der Waals surface area contributed by atoms with Crippen LogP contribution in [0.3, 0.4) is 0 Å². The molecule has 0 radical (unpaired) electrons. The second-order valence-corrected chi connectivity index (χ2v) is 6.98. The molecule has 2 atom stereocenters. The van der Waals surface area contributed by atoms with Gasteiger partial charge in [-0.05, 0) is 25.0 Å². The number of carboxylic acid groups (broad SMARTS) is 1. The number of fused-ring (bicyclic) bond motifs is 1. The Morgan fingerprint density at radius 3 is 2.43 bits per heavy atom. The molecule has 0 aliphatic rings. The molecule has 0 fully saturated rings. The fraction of sp³-hybridized carbons (Fsp3) is 0.381. The predicted octanol–water partition coefficient (Wildman–Crippen LogP) is 2.39. The van der Waals surface area contributed by atoms with Gasteiger partial charge in [-0.15, -0.1) is 0 Å². The van der Waals surface area contributed by atoms with Gasteiger partial charge >= 0.3 is 5.97 Å². The van der Waals surface area contributed by atoms with Crippen molar-refractivity contribution in [1.82, 2.24) is 15.6 Å². The first kappa shape index (κ1) is 21.2. The number of rotatable bonds is 9. The Morgan fingerprint density at radius 2 is 1.79 bits per heavy atom. The summed E-state index contributed by atoms with van der Waals surface area (Å²) in [5.41, 5.74) is 1.81. The molecule has 2 amide bonds. The molecule has 2 aromatic rings. The maximum atomic E-state index is 12.8. The van der Waals surface area contributed by atoms with Crippen molar-refractivity contribution in [2.75, 3.05) is 0 Å². The highest BCUT2D eigenvalue weighted by Gasteiger charge is 2.27. The molecule has 150 valence electrons. The molecule has 0 saturated carbocycles. The van der Waals surface area contributed by atoms with Gasteiger partial charge in [0.15, 0.2) is 0 Å². The van der Waals surface area contributed by atoms with Crippen LogP contribution in [-0.2, 0) is 20.8 Å². The Bertz CT molecular complexity index is 869. The van der Waals surface area contributed by atoms with E-state index in [-0.39, 0.29) is 24.7 Å². The lowest BCUT2D eigenvalue weighted by Crippen LogP contribution is -2.53. The number of aromatic amines is 1. The number of carbonyl (C=O) groups is 3. The SMILES string of the molecule is C/C=C/CC(NC(=O)C(Cc1c[nH]c2ccccc12)NC(=O)C(C)C)C(=O)O. The van der Waals surface area contributed by atoms with Crippen LogP contribution in [0, 0.1) is 5.92 Å². The van der Waals surface area contributed by atoms with E-state index in [1.807, 2.05) is 24.3 Å². The van der Waals surface area contributed by atoms with Gasteiger partial charge in [-0.3, -0.25) is 9.59 Å². The number of carboxylic acids is 1. The van der Waals surface area contributed by atoms with Gasteiger partial charge in [0, 0.05) is 29.4 Å². The number of amides is 2. The first-order chi connectivity index (χ1) is 13.3. The third-order valence-electron chi connectivity index (χ3n) is 4.48. The second-order valence-electron chi connectivity index (χ2n) is 6.98. The van der Waals surface area contributed by atoms with Gasteiger partial charge in [-0.2, -0.15) is 0 Å². The number of carbonyl (C=O) groups excluding carboxylic acids is 2. The summed E-state index contributed by atoms with van der Waals surface area (Å²) in [5, 5.41) is 15.6. The van der Waals surface area contributed by atoms with Crippen molar-refractivity contribution in [3.05, 3.63) is 48.2 Å². The first-order valence-corrected chi connectivity index (χ1v) is 9.33. The molecule has 0 aliphatic heterocycles. The molecule has 1 heterocycles. The van der Waals surface area contributed by atoms with Crippen LogP contribution in [0.2, 0.25) is 0 Å². The largest absolute Gasteiger partial charge is 0.480 e. The zero-order valence-corrected chi connectivity index (χ0v) is 16.4. The van der Waals surface area contributed by atoms with Crippen molar-refractivity contribution in [2.24, 2.45) is 5.92 Å². The summed E-state index contributed by atoms with van der Waals surface area (Å²) >= 11 is 0. The minimum absolute atomic E-state index is 0.176. The summed E-state index contributed by atoms with van der Waals surface area (Å²) in [5.74, 6) is -2.19. The van der Waals surface area contributed by atoms with E-state index < -0.39 is 24.0 Å². The average molecular weight is 385 g/mol. The number of aromatic nitrogens is 1. The summed E-state index contributed by atoms with van der Waals surface area (Å²) in [6.07, 6.45) is 5.65. The number of aliphatic carboxylic acids is 1. The van der Waals surface area contributed by atoms with E-state index >= 15 is 0 Å². The molecule has 7 heteroatoms. The van der Waals surface area contributed by atoms with E-state index in [1.54, 1.807) is 39.1 Å². The quantitative estimate of drug-likeness (QED) is 0.497. The molecule has 2 rings (SSSR count). The van der Waals surface area contributed by atoms with Gasteiger partial charge in [0.1, 0.15) is 12.1 Å². The number of nitrogens with one attached hydrogen (secondary N) is 3. The van der Waals surface area contributed by atoms with E-state index in [2.05, 4.69) is 15.6 Å². The van der Waals surface area contributed by atoms with E-state index in [9.17, 15) is 19.5 Å². The van der Waals surface area contributed by atoms with Gasteiger partial charge in [0.2, 0.25) is 11.8 Å². The van der Waals surface area contributed by atoms with Crippen molar-refractivity contribution >= 4 is 28.7 Å². The summed E-state index contributed by atoms with van der Waals surface area (Å²) in [6.45, 7) is 5.26. The summed E-state index contributed by atoms with van der Waals surface area (Å²) < 4.78 is 0. The highest BCUT2D eigenvalue weighted by atomic mass is 16.4. The lowest BCUT2D eigenvalue weighted by atomic mass is 10.0. The minimum Gasteiger partial charge on any atom is -0.480 e. The highest BCUT2D eigenvalue weighted by molar-refractivity contribution is 5.92. The molecule has 2 unspecified atom stereocenters. The molecular weight excluding hydrogens is 358 g/mol. The zero-order valence-electron chi connectivity index (χ0n) is 16.4. The van der Waals surface area contributed by atoms with Crippen molar-refractivity contribution in [3.63, 3.8) is 0 Å². The number of benzene rings is 1. The van der Waals surface area contributed by atoms with Crippen LogP contribution < -0.4 is 10.6 Å². The average Bonchev–Trinajstić information content (AvgIpc) is 3.07. The summed E-state index contributed by atoms with van der Waals surface area (Å²) in [4.78, 5) is 39.6. The van der Waals surface area contributed by atoms with Gasteiger partial charge < -0.3 is 20.7 Å². The van der Waals surface area contributed by atoms with Gasteiger partial charge in [-0.25, -0.2) is 4.79 Å². The zero-order chi connectivity index (χ0) is 20.7. The molecule has 1 aromatic heterocycles. The Labute approximate surface area is 164 Å². The van der Waals surface area contributed by atoms with Crippen molar-refractivity contribution in [2.45, 2.75) is 45.7 Å².